The van der Waals surface area contributed by atoms with E-state index in [1.165, 1.54) is 16.9 Å². The average Bonchev–Trinajstić information content (AvgIpc) is 2.83. The van der Waals surface area contributed by atoms with Crippen molar-refractivity contribution >= 4 is 28.7 Å². The fraction of sp³-hybridized carbons (Fsp3) is 0.267. The molecule has 1 unspecified atom stereocenters. The molecule has 0 saturated carbocycles. The molecule has 0 bridgehead atoms. The molecular formula is C15H14ClNOS. The van der Waals surface area contributed by atoms with Gasteiger partial charge in [-0.3, -0.25) is 4.79 Å². The first-order chi connectivity index (χ1) is 9.24. The Hall–Kier alpha value is -1.16. The van der Waals surface area contributed by atoms with Gasteiger partial charge < -0.3 is 5.32 Å². The molecule has 1 atom stereocenters. The fourth-order valence-corrected chi connectivity index (χ4v) is 3.61. The molecule has 0 spiro atoms. The lowest BCUT2D eigenvalue weighted by Crippen LogP contribution is -2.35. The smallest absolute Gasteiger partial charge is 0.159 e. The van der Waals surface area contributed by atoms with Gasteiger partial charge in [-0.05, 0) is 29.7 Å². The van der Waals surface area contributed by atoms with Crippen LogP contribution in [0.25, 0.3) is 0 Å². The van der Waals surface area contributed by atoms with Crippen molar-refractivity contribution in [2.45, 2.75) is 18.9 Å². The van der Waals surface area contributed by atoms with Crippen molar-refractivity contribution in [3.05, 3.63) is 56.7 Å². The summed E-state index contributed by atoms with van der Waals surface area (Å²) in [5, 5.41) is 3.32. The van der Waals surface area contributed by atoms with Gasteiger partial charge in [0.1, 0.15) is 0 Å². The van der Waals surface area contributed by atoms with E-state index in [9.17, 15) is 4.79 Å². The third kappa shape index (κ3) is 2.73. The van der Waals surface area contributed by atoms with E-state index >= 15 is 0 Å². The number of rotatable bonds is 3. The van der Waals surface area contributed by atoms with Crippen LogP contribution in [0, 0.1) is 0 Å². The fourth-order valence-electron chi connectivity index (χ4n) is 2.51. The van der Waals surface area contributed by atoms with Gasteiger partial charge in [0.05, 0.1) is 10.4 Å². The van der Waals surface area contributed by atoms with Crippen LogP contribution in [-0.2, 0) is 17.6 Å². The normalized spacial score (nSPS) is 18.1. The third-order valence-corrected chi connectivity index (χ3v) is 4.64. The van der Waals surface area contributed by atoms with E-state index in [1.807, 2.05) is 30.3 Å². The van der Waals surface area contributed by atoms with Crippen molar-refractivity contribution in [1.29, 1.82) is 0 Å². The van der Waals surface area contributed by atoms with Crippen molar-refractivity contribution in [3.8, 4) is 0 Å². The third-order valence-electron chi connectivity index (χ3n) is 3.41. The van der Waals surface area contributed by atoms with E-state index < -0.39 is 0 Å². The van der Waals surface area contributed by atoms with Gasteiger partial charge in [0.2, 0.25) is 0 Å². The van der Waals surface area contributed by atoms with Crippen molar-refractivity contribution in [1.82, 2.24) is 5.32 Å². The number of benzene rings is 1. The minimum absolute atomic E-state index is 0.175. The molecule has 2 aromatic rings. The molecule has 0 fully saturated rings. The van der Waals surface area contributed by atoms with E-state index in [4.69, 9.17) is 11.6 Å². The number of hydrogen-bond acceptors (Lipinski definition) is 3. The van der Waals surface area contributed by atoms with Crippen LogP contribution in [0.15, 0.2) is 36.4 Å². The minimum Gasteiger partial charge on any atom is -0.303 e. The van der Waals surface area contributed by atoms with Crippen LogP contribution in [-0.4, -0.2) is 12.3 Å². The van der Waals surface area contributed by atoms with Crippen molar-refractivity contribution in [2.24, 2.45) is 0 Å². The summed E-state index contributed by atoms with van der Waals surface area (Å²) < 4.78 is 0.736. The van der Waals surface area contributed by atoms with Gasteiger partial charge in [0.25, 0.3) is 0 Å². The number of halogens is 1. The summed E-state index contributed by atoms with van der Waals surface area (Å²) in [5.41, 5.74) is 2.41. The summed E-state index contributed by atoms with van der Waals surface area (Å²) in [6.45, 7) is 0.860. The first kappa shape index (κ1) is 12.9. The Balaban J connectivity index is 1.81. The topological polar surface area (TPSA) is 29.1 Å². The summed E-state index contributed by atoms with van der Waals surface area (Å²) >= 11 is 7.38. The minimum atomic E-state index is -0.175. The number of nitrogens with one attached hydrogen (secondary N) is 1. The van der Waals surface area contributed by atoms with Gasteiger partial charge in [0, 0.05) is 17.8 Å². The Morgan fingerprint density at radius 3 is 2.95 bits per heavy atom. The van der Waals surface area contributed by atoms with Crippen LogP contribution >= 0.6 is 22.9 Å². The molecule has 2 nitrogen and oxygen atoms in total. The highest BCUT2D eigenvalue weighted by molar-refractivity contribution is 7.16. The quantitative estimate of drug-likeness (QED) is 0.939. The standard InChI is InChI=1S/C15H14ClNOS/c16-14-6-5-11(19-14)9-13(18)15-12-4-2-1-3-10(12)7-8-17-15/h1-6,15,17H,7-9H2. The summed E-state index contributed by atoms with van der Waals surface area (Å²) in [7, 11) is 0. The van der Waals surface area contributed by atoms with E-state index in [1.54, 1.807) is 0 Å². The molecule has 0 aliphatic carbocycles. The maximum Gasteiger partial charge on any atom is 0.159 e. The van der Waals surface area contributed by atoms with Gasteiger partial charge in [0.15, 0.2) is 5.78 Å². The zero-order valence-electron chi connectivity index (χ0n) is 10.4. The van der Waals surface area contributed by atoms with E-state index in [2.05, 4.69) is 11.4 Å². The molecule has 1 N–H and O–H groups in total. The molecule has 1 aliphatic rings. The average molecular weight is 292 g/mol. The van der Waals surface area contributed by atoms with Crippen LogP contribution in [0.3, 0.4) is 0 Å². The first-order valence-electron chi connectivity index (χ1n) is 6.32. The zero-order chi connectivity index (χ0) is 13.2. The highest BCUT2D eigenvalue weighted by Gasteiger charge is 2.25. The van der Waals surface area contributed by atoms with Crippen LogP contribution in [0.1, 0.15) is 22.0 Å². The summed E-state index contributed by atoms with van der Waals surface area (Å²) in [6, 6.07) is 11.8. The Kier molecular flexibility index (Phi) is 3.69. The van der Waals surface area contributed by atoms with Crippen LogP contribution in [0.2, 0.25) is 4.34 Å². The Bertz CT molecular complexity index is 608. The molecule has 1 aliphatic heterocycles. The largest absolute Gasteiger partial charge is 0.303 e. The van der Waals surface area contributed by atoms with E-state index in [-0.39, 0.29) is 11.8 Å². The number of ketones is 1. The van der Waals surface area contributed by atoms with Crippen molar-refractivity contribution in [3.63, 3.8) is 0 Å². The SMILES string of the molecule is O=C(Cc1ccc(Cl)s1)C1NCCc2ccccc21. The molecule has 1 aromatic carbocycles. The van der Waals surface area contributed by atoms with Gasteiger partial charge in [-0.2, -0.15) is 0 Å². The number of carbonyl (C=O) groups is 1. The number of Topliss-reactive ketones (excluding diaryl/α,β-unsaturated/α-hetero) is 1. The lowest BCUT2D eigenvalue weighted by atomic mass is 9.91. The van der Waals surface area contributed by atoms with Gasteiger partial charge in [-0.25, -0.2) is 0 Å². The molecule has 3 rings (SSSR count). The predicted molar refractivity (Wildman–Crippen MR) is 78.9 cm³/mol. The molecule has 2 heterocycles. The van der Waals surface area contributed by atoms with Crippen molar-refractivity contribution in [2.75, 3.05) is 6.54 Å². The summed E-state index contributed by atoms with van der Waals surface area (Å²) in [4.78, 5) is 13.5. The Morgan fingerprint density at radius 1 is 1.32 bits per heavy atom. The van der Waals surface area contributed by atoms with Crippen molar-refractivity contribution < 1.29 is 4.79 Å². The Morgan fingerprint density at radius 2 is 2.16 bits per heavy atom. The van der Waals surface area contributed by atoms with Gasteiger partial charge in [-0.1, -0.05) is 35.9 Å². The second-order valence-corrected chi connectivity index (χ2v) is 6.48. The predicted octanol–water partition coefficient (Wildman–Crippen LogP) is 3.40. The molecular weight excluding hydrogens is 278 g/mol. The number of fused-ring (bicyclic) bond motifs is 1. The summed E-state index contributed by atoms with van der Waals surface area (Å²) in [6.07, 6.45) is 1.44. The zero-order valence-corrected chi connectivity index (χ0v) is 11.9. The van der Waals surface area contributed by atoms with Crippen LogP contribution in [0.5, 0.6) is 0 Å². The number of hydrogen-bond donors (Lipinski definition) is 1. The molecule has 0 radical (unpaired) electrons. The summed E-state index contributed by atoms with van der Waals surface area (Å²) in [5.74, 6) is 0.214. The second-order valence-electron chi connectivity index (χ2n) is 4.68. The highest BCUT2D eigenvalue weighted by atomic mass is 35.5. The molecule has 1 aromatic heterocycles. The second kappa shape index (κ2) is 5.45. The van der Waals surface area contributed by atoms with E-state index in [0.29, 0.717) is 6.42 Å². The molecule has 98 valence electrons. The lowest BCUT2D eigenvalue weighted by Gasteiger charge is -2.25. The monoisotopic (exact) mass is 291 g/mol. The number of thiophene rings is 1. The molecule has 4 heteroatoms. The molecule has 0 saturated heterocycles. The molecule has 0 amide bonds. The maximum absolute atomic E-state index is 12.4. The Labute approximate surface area is 121 Å². The molecule has 19 heavy (non-hydrogen) atoms. The van der Waals surface area contributed by atoms with Gasteiger partial charge in [-0.15, -0.1) is 11.3 Å². The first-order valence-corrected chi connectivity index (χ1v) is 7.51. The highest BCUT2D eigenvalue weighted by Crippen LogP contribution is 2.27. The van der Waals surface area contributed by atoms with Crippen LogP contribution < -0.4 is 5.32 Å². The van der Waals surface area contributed by atoms with E-state index in [0.717, 1.165) is 27.7 Å². The van der Waals surface area contributed by atoms with Gasteiger partial charge >= 0.3 is 0 Å². The maximum atomic E-state index is 12.4. The van der Waals surface area contributed by atoms with Crippen LogP contribution in [0.4, 0.5) is 0 Å². The number of carbonyl (C=O) groups excluding carboxylic acids is 1. The lowest BCUT2D eigenvalue weighted by molar-refractivity contribution is -0.120.